The second-order valence-electron chi connectivity index (χ2n) is 9.12. The van der Waals surface area contributed by atoms with Crippen LogP contribution in [0.5, 0.6) is 0 Å². The van der Waals surface area contributed by atoms with Crippen LogP contribution < -0.4 is 22.1 Å². The van der Waals surface area contributed by atoms with E-state index in [0.717, 1.165) is 24.3 Å². The van der Waals surface area contributed by atoms with Gasteiger partial charge in [0, 0.05) is 33.9 Å². The maximum atomic E-state index is 14.0. The molecule has 0 unspecified atom stereocenters. The van der Waals surface area contributed by atoms with Crippen LogP contribution in [0.3, 0.4) is 0 Å². The van der Waals surface area contributed by atoms with Crippen LogP contribution in [0.4, 0.5) is 49.1 Å². The molecule has 0 aliphatic rings. The van der Waals surface area contributed by atoms with Crippen LogP contribution in [0.1, 0.15) is 37.4 Å². The summed E-state index contributed by atoms with van der Waals surface area (Å²) in [6, 6.07) is 15.6. The third-order valence-electron chi connectivity index (χ3n) is 6.12. The molecule has 0 aliphatic carbocycles. The normalized spacial score (nSPS) is 11.7. The number of alkyl halides is 6. The number of carbonyl (C=O) groups is 2. The zero-order valence-electron chi connectivity index (χ0n) is 21.2. The minimum atomic E-state index is -5.04. The number of carbonyl (C=O) groups excluding carboxylic acids is 2. The molecule has 0 aromatic heterocycles. The van der Waals surface area contributed by atoms with Crippen LogP contribution in [0, 0.1) is 6.92 Å². The van der Waals surface area contributed by atoms with Crippen molar-refractivity contribution in [3.63, 3.8) is 0 Å². The number of nitrogens with two attached hydrogens (primary N) is 2. The van der Waals surface area contributed by atoms with Crippen LogP contribution in [-0.4, -0.2) is 11.8 Å². The molecular weight excluding hydrogens is 550 g/mol. The van der Waals surface area contributed by atoms with Crippen LogP contribution in [0.25, 0.3) is 11.1 Å². The highest BCUT2D eigenvalue weighted by molar-refractivity contribution is 6.07. The lowest BCUT2D eigenvalue weighted by molar-refractivity contribution is -0.139. The van der Waals surface area contributed by atoms with E-state index in [1.165, 1.54) is 30.3 Å². The van der Waals surface area contributed by atoms with E-state index < -0.39 is 46.4 Å². The van der Waals surface area contributed by atoms with E-state index >= 15 is 0 Å². The summed E-state index contributed by atoms with van der Waals surface area (Å²) in [7, 11) is 0. The number of benzene rings is 4. The van der Waals surface area contributed by atoms with Gasteiger partial charge in [-0.1, -0.05) is 12.1 Å². The Kier molecular flexibility index (Phi) is 7.69. The summed E-state index contributed by atoms with van der Waals surface area (Å²) < 4.78 is 82.7. The van der Waals surface area contributed by atoms with Crippen molar-refractivity contribution in [2.24, 2.45) is 0 Å². The Morgan fingerprint density at radius 2 is 1.10 bits per heavy atom. The van der Waals surface area contributed by atoms with E-state index in [1.807, 2.05) is 0 Å². The van der Waals surface area contributed by atoms with Gasteiger partial charge in [0.1, 0.15) is 0 Å². The SMILES string of the molecule is Cc1cc(NC(=O)c2ccc(N)cc2)ccc1C(=O)Nc1ccc(-c2ccc(N)cc2C(F)(F)F)c(C(F)(F)F)c1. The van der Waals surface area contributed by atoms with Crippen molar-refractivity contribution >= 4 is 34.6 Å². The third-order valence-corrected chi connectivity index (χ3v) is 6.12. The molecule has 212 valence electrons. The van der Waals surface area contributed by atoms with Crippen molar-refractivity contribution in [2.75, 3.05) is 22.1 Å². The fourth-order valence-electron chi connectivity index (χ4n) is 4.16. The third kappa shape index (κ3) is 6.60. The Balaban J connectivity index is 1.60. The molecule has 6 nitrogen and oxygen atoms in total. The maximum Gasteiger partial charge on any atom is 0.417 e. The first-order valence-corrected chi connectivity index (χ1v) is 11.9. The van der Waals surface area contributed by atoms with Gasteiger partial charge < -0.3 is 22.1 Å². The van der Waals surface area contributed by atoms with Crippen molar-refractivity contribution in [1.82, 2.24) is 0 Å². The molecule has 12 heteroatoms. The number of hydrogen-bond acceptors (Lipinski definition) is 4. The van der Waals surface area contributed by atoms with Crippen molar-refractivity contribution in [3.05, 3.63) is 107 Å². The molecule has 0 bridgehead atoms. The Labute approximate surface area is 230 Å². The molecule has 0 aliphatic heterocycles. The van der Waals surface area contributed by atoms with Gasteiger partial charge in [0.05, 0.1) is 11.1 Å². The first-order valence-electron chi connectivity index (χ1n) is 11.9. The molecule has 0 heterocycles. The topological polar surface area (TPSA) is 110 Å². The molecule has 0 fully saturated rings. The monoisotopic (exact) mass is 572 g/mol. The van der Waals surface area contributed by atoms with E-state index in [1.54, 1.807) is 19.1 Å². The Hall–Kier alpha value is -5.00. The maximum absolute atomic E-state index is 14.0. The molecule has 4 aromatic rings. The van der Waals surface area contributed by atoms with Crippen molar-refractivity contribution in [2.45, 2.75) is 19.3 Å². The van der Waals surface area contributed by atoms with Gasteiger partial charge in [-0.2, -0.15) is 26.3 Å². The smallest absolute Gasteiger partial charge is 0.399 e. The summed E-state index contributed by atoms with van der Waals surface area (Å²) in [6.07, 6.45) is -10.0. The number of amides is 2. The summed E-state index contributed by atoms with van der Waals surface area (Å²) >= 11 is 0. The van der Waals surface area contributed by atoms with Gasteiger partial charge in [-0.25, -0.2) is 0 Å². The number of halogens is 6. The van der Waals surface area contributed by atoms with Gasteiger partial charge >= 0.3 is 12.4 Å². The number of aryl methyl sites for hydroxylation is 1. The minimum Gasteiger partial charge on any atom is -0.399 e. The first-order chi connectivity index (χ1) is 19.1. The van der Waals surface area contributed by atoms with Gasteiger partial charge in [0.25, 0.3) is 11.8 Å². The highest BCUT2D eigenvalue weighted by Crippen LogP contribution is 2.44. The second kappa shape index (κ2) is 10.9. The number of nitrogen functional groups attached to an aromatic ring is 2. The van der Waals surface area contributed by atoms with E-state index in [9.17, 15) is 35.9 Å². The second-order valence-corrected chi connectivity index (χ2v) is 9.12. The number of rotatable bonds is 5. The predicted octanol–water partition coefficient (Wildman–Crippen LogP) is 7.37. The average molecular weight is 573 g/mol. The number of hydrogen-bond donors (Lipinski definition) is 4. The molecule has 41 heavy (non-hydrogen) atoms. The number of nitrogens with one attached hydrogen (secondary N) is 2. The fourth-order valence-corrected chi connectivity index (χ4v) is 4.16. The lowest BCUT2D eigenvalue weighted by Crippen LogP contribution is -2.16. The van der Waals surface area contributed by atoms with Crippen molar-refractivity contribution < 1.29 is 35.9 Å². The van der Waals surface area contributed by atoms with Crippen LogP contribution in [0.2, 0.25) is 0 Å². The van der Waals surface area contributed by atoms with Gasteiger partial charge in [-0.15, -0.1) is 0 Å². The molecule has 0 atom stereocenters. The molecule has 2 amide bonds. The summed E-state index contributed by atoms with van der Waals surface area (Å²) in [5.41, 5.74) is 8.12. The van der Waals surface area contributed by atoms with E-state index in [-0.39, 0.29) is 16.9 Å². The Bertz CT molecular complexity index is 1630. The fraction of sp³-hybridized carbons (Fsp3) is 0.103. The predicted molar refractivity (Wildman–Crippen MR) is 144 cm³/mol. The molecule has 6 N–H and O–H groups in total. The van der Waals surface area contributed by atoms with Gasteiger partial charge in [0.15, 0.2) is 0 Å². The van der Waals surface area contributed by atoms with Crippen LogP contribution >= 0.6 is 0 Å². The van der Waals surface area contributed by atoms with E-state index in [2.05, 4.69) is 10.6 Å². The first kappa shape index (κ1) is 29.0. The molecule has 4 aromatic carbocycles. The lowest BCUT2D eigenvalue weighted by atomic mass is 9.93. The van der Waals surface area contributed by atoms with Crippen molar-refractivity contribution in [3.8, 4) is 11.1 Å². The Morgan fingerprint density at radius 1 is 0.610 bits per heavy atom. The standard InChI is InChI=1S/C29H22F6N4O2/c1-15-12-19(38-26(40)16-2-4-17(36)5-3-16)7-10-21(15)27(41)39-20-8-11-23(25(14-20)29(33,34)35)22-9-6-18(37)13-24(22)28(30,31)32/h2-14H,36-37H2,1H3,(H,38,40)(H,39,41). The molecule has 0 saturated heterocycles. The summed E-state index contributed by atoms with van der Waals surface area (Å²) in [6.45, 7) is 1.57. The zero-order chi connectivity index (χ0) is 30.1. The number of anilines is 4. The highest BCUT2D eigenvalue weighted by Gasteiger charge is 2.38. The van der Waals surface area contributed by atoms with E-state index in [0.29, 0.717) is 34.6 Å². The largest absolute Gasteiger partial charge is 0.417 e. The molecule has 0 spiro atoms. The quantitative estimate of drug-likeness (QED) is 0.148. The van der Waals surface area contributed by atoms with Gasteiger partial charge in [-0.3, -0.25) is 9.59 Å². The van der Waals surface area contributed by atoms with Gasteiger partial charge in [-0.05, 0) is 90.3 Å². The molecule has 0 radical (unpaired) electrons. The molecule has 4 rings (SSSR count). The summed E-state index contributed by atoms with van der Waals surface area (Å²) in [5, 5.41) is 5.03. The van der Waals surface area contributed by atoms with Crippen molar-refractivity contribution in [1.29, 1.82) is 0 Å². The van der Waals surface area contributed by atoms with Crippen LogP contribution in [0.15, 0.2) is 78.9 Å². The molecule has 0 saturated carbocycles. The van der Waals surface area contributed by atoms with Gasteiger partial charge in [0.2, 0.25) is 0 Å². The average Bonchev–Trinajstić information content (AvgIpc) is 2.88. The Morgan fingerprint density at radius 3 is 1.68 bits per heavy atom. The molecular formula is C29H22F6N4O2. The van der Waals surface area contributed by atoms with E-state index in [4.69, 9.17) is 11.5 Å². The lowest BCUT2D eigenvalue weighted by Gasteiger charge is -2.19. The van der Waals surface area contributed by atoms with Crippen LogP contribution in [-0.2, 0) is 12.4 Å². The minimum absolute atomic E-state index is 0.103. The summed E-state index contributed by atoms with van der Waals surface area (Å²) in [4.78, 5) is 25.3. The highest BCUT2D eigenvalue weighted by atomic mass is 19.4. The zero-order valence-corrected chi connectivity index (χ0v) is 21.2. The summed E-state index contributed by atoms with van der Waals surface area (Å²) in [5.74, 6) is -1.18.